The predicted octanol–water partition coefficient (Wildman–Crippen LogP) is 0.952. The van der Waals surface area contributed by atoms with Gasteiger partial charge in [-0.2, -0.15) is 0 Å². The molecule has 1 unspecified atom stereocenters. The van der Waals surface area contributed by atoms with Gasteiger partial charge in [-0.15, -0.1) is 0 Å². The summed E-state index contributed by atoms with van der Waals surface area (Å²) in [5, 5.41) is 0. The van der Waals surface area contributed by atoms with E-state index in [1.165, 1.54) is 0 Å². The summed E-state index contributed by atoms with van der Waals surface area (Å²) in [6.45, 7) is 4.93. The van der Waals surface area contributed by atoms with Gasteiger partial charge in [0.2, 0.25) is 0 Å². The Hall–Kier alpha value is -1.75. The zero-order valence-corrected chi connectivity index (χ0v) is 11.5. The fourth-order valence-electron chi connectivity index (χ4n) is 2.23. The Morgan fingerprint density at radius 3 is 2.32 bits per heavy atom. The summed E-state index contributed by atoms with van der Waals surface area (Å²) in [4.78, 5) is 16.1. The topological polar surface area (TPSA) is 58.8 Å². The highest BCUT2D eigenvalue weighted by Gasteiger charge is 2.24. The molecule has 1 heterocycles. The fraction of sp³-hybridized carbons (Fsp3) is 0.500. The number of carbonyl (C=O) groups is 1. The third-order valence-electron chi connectivity index (χ3n) is 3.55. The molecule has 2 N–H and O–H groups in total. The number of anilines is 2. The number of piperazine rings is 1. The van der Waals surface area contributed by atoms with Crippen LogP contribution in [0.1, 0.15) is 6.92 Å². The van der Waals surface area contributed by atoms with Crippen molar-refractivity contribution in [2.45, 2.75) is 13.0 Å². The van der Waals surface area contributed by atoms with E-state index in [9.17, 15) is 4.79 Å². The number of nitrogens with zero attached hydrogens (tertiary/aromatic N) is 2. The third kappa shape index (κ3) is 3.17. The molecule has 1 amide bonds. The maximum atomic E-state index is 12.0. The van der Waals surface area contributed by atoms with E-state index in [-0.39, 0.29) is 12.0 Å². The molecule has 5 nitrogen and oxygen atoms in total. The molecular formula is C14H21N3O2. The minimum atomic E-state index is -0.358. The van der Waals surface area contributed by atoms with Gasteiger partial charge in [0.1, 0.15) is 6.10 Å². The van der Waals surface area contributed by atoms with Gasteiger partial charge < -0.3 is 20.3 Å². The molecule has 104 valence electrons. The van der Waals surface area contributed by atoms with Crippen LogP contribution in [0.4, 0.5) is 11.4 Å². The largest absolute Gasteiger partial charge is 0.399 e. The van der Waals surface area contributed by atoms with E-state index in [0.29, 0.717) is 0 Å². The molecule has 5 heteroatoms. The number of ether oxygens (including phenoxy) is 1. The summed E-state index contributed by atoms with van der Waals surface area (Å²) in [5.41, 5.74) is 7.60. The Kier molecular flexibility index (Phi) is 4.27. The van der Waals surface area contributed by atoms with E-state index in [4.69, 9.17) is 10.5 Å². The van der Waals surface area contributed by atoms with Crippen molar-refractivity contribution in [3.8, 4) is 0 Å². The first-order valence-electron chi connectivity index (χ1n) is 6.54. The lowest BCUT2D eigenvalue weighted by Gasteiger charge is -2.37. The number of carbonyl (C=O) groups excluding carboxylic acids is 1. The summed E-state index contributed by atoms with van der Waals surface area (Å²) in [7, 11) is 1.56. The van der Waals surface area contributed by atoms with Gasteiger partial charge >= 0.3 is 0 Å². The van der Waals surface area contributed by atoms with E-state index in [0.717, 1.165) is 37.6 Å². The molecule has 1 aliphatic heterocycles. The summed E-state index contributed by atoms with van der Waals surface area (Å²) in [6.07, 6.45) is -0.358. The van der Waals surface area contributed by atoms with Crippen molar-refractivity contribution >= 4 is 17.3 Å². The fourth-order valence-corrected chi connectivity index (χ4v) is 2.23. The zero-order valence-electron chi connectivity index (χ0n) is 11.5. The molecule has 1 aromatic rings. The minimum absolute atomic E-state index is 0.0689. The number of hydrogen-bond donors (Lipinski definition) is 1. The molecular weight excluding hydrogens is 242 g/mol. The van der Waals surface area contributed by atoms with E-state index in [1.807, 2.05) is 29.2 Å². The quantitative estimate of drug-likeness (QED) is 0.825. The summed E-state index contributed by atoms with van der Waals surface area (Å²) in [6, 6.07) is 7.84. The predicted molar refractivity (Wildman–Crippen MR) is 76.1 cm³/mol. The van der Waals surface area contributed by atoms with Crippen molar-refractivity contribution in [2.24, 2.45) is 0 Å². The van der Waals surface area contributed by atoms with Crippen LogP contribution in [0.25, 0.3) is 0 Å². The molecule has 0 spiro atoms. The number of rotatable bonds is 3. The van der Waals surface area contributed by atoms with Gasteiger partial charge in [-0.1, -0.05) is 0 Å². The normalized spacial score (nSPS) is 17.4. The maximum Gasteiger partial charge on any atom is 0.251 e. The summed E-state index contributed by atoms with van der Waals surface area (Å²) >= 11 is 0. The first-order chi connectivity index (χ1) is 9.11. The van der Waals surface area contributed by atoms with Gasteiger partial charge in [-0.3, -0.25) is 4.79 Å². The van der Waals surface area contributed by atoms with Crippen LogP contribution in [0.5, 0.6) is 0 Å². The molecule has 0 bridgehead atoms. The smallest absolute Gasteiger partial charge is 0.251 e. The second-order valence-corrected chi connectivity index (χ2v) is 4.78. The lowest BCUT2D eigenvalue weighted by atomic mass is 10.2. The highest BCUT2D eigenvalue weighted by atomic mass is 16.5. The average Bonchev–Trinajstić information content (AvgIpc) is 2.46. The molecule has 1 atom stereocenters. The standard InChI is InChI=1S/C14H21N3O2/c1-11(19-2)14(18)17-9-7-16(8-10-17)13-5-3-12(15)4-6-13/h3-6,11H,7-10,15H2,1-2H3. The SMILES string of the molecule is COC(C)C(=O)N1CCN(c2ccc(N)cc2)CC1. The molecule has 0 saturated carbocycles. The minimum Gasteiger partial charge on any atom is -0.399 e. The Labute approximate surface area is 113 Å². The van der Waals surface area contributed by atoms with Crippen LogP contribution < -0.4 is 10.6 Å². The van der Waals surface area contributed by atoms with Crippen LogP contribution in [-0.4, -0.2) is 50.2 Å². The number of hydrogen-bond acceptors (Lipinski definition) is 4. The Bertz CT molecular complexity index is 425. The van der Waals surface area contributed by atoms with Crippen molar-refractivity contribution in [1.29, 1.82) is 0 Å². The molecule has 1 saturated heterocycles. The number of methoxy groups -OCH3 is 1. The molecule has 1 aromatic carbocycles. The van der Waals surface area contributed by atoms with Crippen LogP contribution >= 0.6 is 0 Å². The lowest BCUT2D eigenvalue weighted by molar-refractivity contribution is -0.141. The Morgan fingerprint density at radius 1 is 1.21 bits per heavy atom. The molecule has 1 aliphatic rings. The van der Waals surface area contributed by atoms with Gasteiger partial charge in [0.15, 0.2) is 0 Å². The maximum absolute atomic E-state index is 12.0. The first kappa shape index (κ1) is 13.7. The van der Waals surface area contributed by atoms with Crippen LogP contribution in [0.2, 0.25) is 0 Å². The van der Waals surface area contributed by atoms with Crippen LogP contribution in [0.15, 0.2) is 24.3 Å². The molecule has 0 radical (unpaired) electrons. The van der Waals surface area contributed by atoms with E-state index in [1.54, 1.807) is 14.0 Å². The molecule has 2 rings (SSSR count). The van der Waals surface area contributed by atoms with Gasteiger partial charge in [0.05, 0.1) is 0 Å². The number of amides is 1. The number of benzene rings is 1. The zero-order chi connectivity index (χ0) is 13.8. The van der Waals surface area contributed by atoms with Gasteiger partial charge in [0, 0.05) is 44.7 Å². The van der Waals surface area contributed by atoms with Crippen molar-refractivity contribution in [3.05, 3.63) is 24.3 Å². The summed E-state index contributed by atoms with van der Waals surface area (Å²) < 4.78 is 5.07. The van der Waals surface area contributed by atoms with Gasteiger partial charge in [0.25, 0.3) is 5.91 Å². The van der Waals surface area contributed by atoms with Gasteiger partial charge in [-0.25, -0.2) is 0 Å². The van der Waals surface area contributed by atoms with E-state index < -0.39 is 0 Å². The number of nitrogens with two attached hydrogens (primary N) is 1. The second kappa shape index (κ2) is 5.93. The van der Waals surface area contributed by atoms with Crippen LogP contribution in [-0.2, 0) is 9.53 Å². The first-order valence-corrected chi connectivity index (χ1v) is 6.54. The second-order valence-electron chi connectivity index (χ2n) is 4.78. The molecule has 1 fully saturated rings. The third-order valence-corrected chi connectivity index (χ3v) is 3.55. The monoisotopic (exact) mass is 263 g/mol. The highest BCUT2D eigenvalue weighted by Crippen LogP contribution is 2.18. The highest BCUT2D eigenvalue weighted by molar-refractivity contribution is 5.80. The number of nitrogen functional groups attached to an aromatic ring is 1. The van der Waals surface area contributed by atoms with E-state index >= 15 is 0 Å². The van der Waals surface area contributed by atoms with Crippen molar-refractivity contribution < 1.29 is 9.53 Å². The van der Waals surface area contributed by atoms with Crippen LogP contribution in [0.3, 0.4) is 0 Å². The van der Waals surface area contributed by atoms with Crippen molar-refractivity contribution in [2.75, 3.05) is 43.9 Å². The average molecular weight is 263 g/mol. The molecule has 0 aromatic heterocycles. The Balaban J connectivity index is 1.92. The lowest BCUT2D eigenvalue weighted by Crippen LogP contribution is -2.51. The van der Waals surface area contributed by atoms with Crippen molar-refractivity contribution in [1.82, 2.24) is 4.90 Å². The molecule has 19 heavy (non-hydrogen) atoms. The van der Waals surface area contributed by atoms with Gasteiger partial charge in [-0.05, 0) is 31.2 Å². The molecule has 0 aliphatic carbocycles. The Morgan fingerprint density at radius 2 is 1.79 bits per heavy atom. The summed E-state index contributed by atoms with van der Waals surface area (Å²) in [5.74, 6) is 0.0689. The van der Waals surface area contributed by atoms with Crippen molar-refractivity contribution in [3.63, 3.8) is 0 Å². The van der Waals surface area contributed by atoms with Crippen LogP contribution in [0, 0.1) is 0 Å². The van der Waals surface area contributed by atoms with E-state index in [2.05, 4.69) is 4.90 Å².